The summed E-state index contributed by atoms with van der Waals surface area (Å²) in [5.74, 6) is 0.0639. The van der Waals surface area contributed by atoms with Gasteiger partial charge in [-0.25, -0.2) is 4.98 Å². The Morgan fingerprint density at radius 1 is 1.40 bits per heavy atom. The van der Waals surface area contributed by atoms with Gasteiger partial charge in [0.15, 0.2) is 0 Å². The van der Waals surface area contributed by atoms with E-state index in [2.05, 4.69) is 4.98 Å². The number of thiazole rings is 1. The Morgan fingerprint density at radius 3 is 2.90 bits per heavy atom. The zero-order valence-electron chi connectivity index (χ0n) is 11.0. The molecule has 0 aliphatic carbocycles. The second kappa shape index (κ2) is 7.07. The molecule has 0 atom stereocenters. The lowest BCUT2D eigenvalue weighted by molar-refractivity contribution is -0.130. The van der Waals surface area contributed by atoms with Gasteiger partial charge in [-0.3, -0.25) is 4.79 Å². The molecule has 0 N–H and O–H groups in total. The molecule has 0 bridgehead atoms. The number of aryl methyl sites for hydroxylation is 1. The summed E-state index contributed by atoms with van der Waals surface area (Å²) in [5, 5.41) is 2.97. The SMILES string of the molecule is CN(Cc1cccc(Cl)c1Cl)C(=O)CCc1cscn1. The highest BCUT2D eigenvalue weighted by Gasteiger charge is 2.12. The Hall–Kier alpha value is -1.10. The Morgan fingerprint density at radius 2 is 2.20 bits per heavy atom. The van der Waals surface area contributed by atoms with Crippen LogP contribution < -0.4 is 0 Å². The van der Waals surface area contributed by atoms with Gasteiger partial charge in [0.25, 0.3) is 0 Å². The number of carbonyl (C=O) groups is 1. The normalized spacial score (nSPS) is 10.6. The minimum Gasteiger partial charge on any atom is -0.341 e. The van der Waals surface area contributed by atoms with Crippen LogP contribution in [0.3, 0.4) is 0 Å². The van der Waals surface area contributed by atoms with Crippen molar-refractivity contribution in [3.8, 4) is 0 Å². The molecule has 0 spiro atoms. The molecule has 2 rings (SSSR count). The molecule has 0 saturated heterocycles. The summed E-state index contributed by atoms with van der Waals surface area (Å²) in [7, 11) is 1.76. The Labute approximate surface area is 132 Å². The fourth-order valence-electron chi connectivity index (χ4n) is 1.80. The first-order chi connectivity index (χ1) is 9.58. The van der Waals surface area contributed by atoms with Crippen LogP contribution in [0, 0.1) is 0 Å². The van der Waals surface area contributed by atoms with E-state index in [1.807, 2.05) is 17.5 Å². The summed E-state index contributed by atoms with van der Waals surface area (Å²) in [6, 6.07) is 5.44. The van der Waals surface area contributed by atoms with Crippen LogP contribution in [0.5, 0.6) is 0 Å². The van der Waals surface area contributed by atoms with Crippen molar-refractivity contribution < 1.29 is 4.79 Å². The number of hydrogen-bond donors (Lipinski definition) is 0. The van der Waals surface area contributed by atoms with E-state index >= 15 is 0 Å². The molecular formula is C14H14Cl2N2OS. The summed E-state index contributed by atoms with van der Waals surface area (Å²) >= 11 is 13.6. The van der Waals surface area contributed by atoms with E-state index in [0.29, 0.717) is 29.4 Å². The minimum absolute atomic E-state index is 0.0639. The number of aromatic nitrogens is 1. The molecule has 6 heteroatoms. The van der Waals surface area contributed by atoms with E-state index in [0.717, 1.165) is 11.3 Å². The summed E-state index contributed by atoms with van der Waals surface area (Å²) in [4.78, 5) is 17.9. The van der Waals surface area contributed by atoms with Crippen LogP contribution in [0.4, 0.5) is 0 Å². The van der Waals surface area contributed by atoms with Gasteiger partial charge in [0.2, 0.25) is 5.91 Å². The molecule has 1 aromatic heterocycles. The minimum atomic E-state index is 0.0639. The second-order valence-corrected chi connectivity index (χ2v) is 5.95. The van der Waals surface area contributed by atoms with E-state index < -0.39 is 0 Å². The molecule has 1 amide bonds. The van der Waals surface area contributed by atoms with Crippen LogP contribution >= 0.6 is 34.5 Å². The third kappa shape index (κ3) is 3.95. The monoisotopic (exact) mass is 328 g/mol. The van der Waals surface area contributed by atoms with Crippen molar-refractivity contribution in [1.29, 1.82) is 0 Å². The van der Waals surface area contributed by atoms with Gasteiger partial charge in [0, 0.05) is 25.4 Å². The number of rotatable bonds is 5. The van der Waals surface area contributed by atoms with Gasteiger partial charge >= 0.3 is 0 Å². The lowest BCUT2D eigenvalue weighted by atomic mass is 10.2. The van der Waals surface area contributed by atoms with Crippen molar-refractivity contribution in [2.75, 3.05) is 7.05 Å². The van der Waals surface area contributed by atoms with Crippen LogP contribution in [0.25, 0.3) is 0 Å². The fraction of sp³-hybridized carbons (Fsp3) is 0.286. The molecule has 0 aliphatic rings. The second-order valence-electron chi connectivity index (χ2n) is 4.44. The van der Waals surface area contributed by atoms with Crippen molar-refractivity contribution in [3.63, 3.8) is 0 Å². The Kier molecular flexibility index (Phi) is 5.40. The highest BCUT2D eigenvalue weighted by molar-refractivity contribution is 7.07. The van der Waals surface area contributed by atoms with Crippen molar-refractivity contribution in [3.05, 3.63) is 50.4 Å². The van der Waals surface area contributed by atoms with E-state index in [-0.39, 0.29) is 5.91 Å². The lowest BCUT2D eigenvalue weighted by Crippen LogP contribution is -2.26. The Bertz CT molecular complexity index is 587. The first-order valence-electron chi connectivity index (χ1n) is 6.12. The average Bonchev–Trinajstić information content (AvgIpc) is 2.94. The smallest absolute Gasteiger partial charge is 0.223 e. The van der Waals surface area contributed by atoms with Crippen LogP contribution in [0.2, 0.25) is 10.0 Å². The van der Waals surface area contributed by atoms with Crippen molar-refractivity contribution in [1.82, 2.24) is 9.88 Å². The molecule has 106 valence electrons. The third-order valence-corrected chi connectivity index (χ3v) is 4.44. The van der Waals surface area contributed by atoms with Gasteiger partial charge in [-0.1, -0.05) is 35.3 Å². The molecule has 1 aromatic carbocycles. The summed E-state index contributed by atoms with van der Waals surface area (Å²) in [5.41, 5.74) is 3.58. The number of amides is 1. The van der Waals surface area contributed by atoms with Gasteiger partial charge in [-0.2, -0.15) is 0 Å². The van der Waals surface area contributed by atoms with Crippen LogP contribution in [0.1, 0.15) is 17.7 Å². The molecule has 2 aromatic rings. The molecule has 0 fully saturated rings. The molecule has 1 heterocycles. The predicted octanol–water partition coefficient (Wildman–Crippen LogP) is 4.04. The highest BCUT2D eigenvalue weighted by Crippen LogP contribution is 2.26. The summed E-state index contributed by atoms with van der Waals surface area (Å²) in [6.45, 7) is 0.454. The number of carbonyl (C=O) groups excluding carboxylic acids is 1. The Balaban J connectivity index is 1.92. The average molecular weight is 329 g/mol. The molecule has 0 aliphatic heterocycles. The maximum absolute atomic E-state index is 12.1. The summed E-state index contributed by atoms with van der Waals surface area (Å²) in [6.07, 6.45) is 1.11. The number of halogens is 2. The largest absolute Gasteiger partial charge is 0.341 e. The maximum Gasteiger partial charge on any atom is 0.223 e. The number of hydrogen-bond acceptors (Lipinski definition) is 3. The topological polar surface area (TPSA) is 33.2 Å². The molecule has 0 unspecified atom stereocenters. The maximum atomic E-state index is 12.1. The van der Waals surface area contributed by atoms with Gasteiger partial charge in [-0.05, 0) is 18.1 Å². The van der Waals surface area contributed by atoms with Gasteiger partial charge in [0.05, 0.1) is 21.2 Å². The van der Waals surface area contributed by atoms with Crippen LogP contribution in [-0.2, 0) is 17.8 Å². The first-order valence-corrected chi connectivity index (χ1v) is 7.81. The fourth-order valence-corrected chi connectivity index (χ4v) is 2.77. The molecule has 0 radical (unpaired) electrons. The first kappa shape index (κ1) is 15.3. The molecule has 0 saturated carbocycles. The quantitative estimate of drug-likeness (QED) is 0.829. The molecule has 20 heavy (non-hydrogen) atoms. The van der Waals surface area contributed by atoms with E-state index in [4.69, 9.17) is 23.2 Å². The van der Waals surface area contributed by atoms with Crippen molar-refractivity contribution in [2.24, 2.45) is 0 Å². The number of nitrogens with zero attached hydrogens (tertiary/aromatic N) is 2. The van der Waals surface area contributed by atoms with Crippen molar-refractivity contribution in [2.45, 2.75) is 19.4 Å². The molecular weight excluding hydrogens is 315 g/mol. The zero-order valence-corrected chi connectivity index (χ0v) is 13.3. The van der Waals surface area contributed by atoms with Crippen LogP contribution in [-0.4, -0.2) is 22.8 Å². The molecule has 3 nitrogen and oxygen atoms in total. The third-order valence-electron chi connectivity index (χ3n) is 2.94. The van der Waals surface area contributed by atoms with Gasteiger partial charge < -0.3 is 4.90 Å². The summed E-state index contributed by atoms with van der Waals surface area (Å²) < 4.78 is 0. The zero-order chi connectivity index (χ0) is 14.5. The lowest BCUT2D eigenvalue weighted by Gasteiger charge is -2.18. The van der Waals surface area contributed by atoms with Gasteiger partial charge in [0.1, 0.15) is 0 Å². The highest BCUT2D eigenvalue weighted by atomic mass is 35.5. The van der Waals surface area contributed by atoms with E-state index in [1.54, 1.807) is 23.5 Å². The van der Waals surface area contributed by atoms with Crippen LogP contribution in [0.15, 0.2) is 29.1 Å². The van der Waals surface area contributed by atoms with E-state index in [9.17, 15) is 4.79 Å². The van der Waals surface area contributed by atoms with Crippen molar-refractivity contribution >= 4 is 40.4 Å². The predicted molar refractivity (Wildman–Crippen MR) is 83.4 cm³/mol. The number of benzene rings is 1. The van der Waals surface area contributed by atoms with E-state index in [1.165, 1.54) is 11.3 Å². The van der Waals surface area contributed by atoms with Gasteiger partial charge in [-0.15, -0.1) is 11.3 Å². The standard InChI is InChI=1S/C14H14Cl2N2OS/c1-18(7-10-3-2-4-12(15)14(10)16)13(19)6-5-11-8-20-9-17-11/h2-4,8-9H,5-7H2,1H3.